The first-order valence-corrected chi connectivity index (χ1v) is 4.64. The zero-order chi connectivity index (χ0) is 11.4. The highest BCUT2D eigenvalue weighted by molar-refractivity contribution is 6.03. The molecule has 1 aromatic carbocycles. The molecule has 4 nitrogen and oxygen atoms in total. The monoisotopic (exact) mass is 206 g/mol. The fourth-order valence-corrected chi connectivity index (χ4v) is 1.18. The van der Waals surface area contributed by atoms with E-state index in [1.54, 1.807) is 18.2 Å². The molecule has 0 aromatic heterocycles. The van der Waals surface area contributed by atoms with Crippen molar-refractivity contribution in [1.29, 1.82) is 0 Å². The predicted molar refractivity (Wildman–Crippen MR) is 59.5 cm³/mol. The first-order chi connectivity index (χ1) is 6.99. The Labute approximate surface area is 88.5 Å². The second-order valence-corrected chi connectivity index (χ2v) is 3.50. The highest BCUT2D eigenvalue weighted by Gasteiger charge is 2.05. The maximum absolute atomic E-state index is 11.3. The van der Waals surface area contributed by atoms with Crippen LogP contribution in [-0.2, 0) is 9.59 Å². The van der Waals surface area contributed by atoms with Crippen LogP contribution in [0.4, 0.5) is 11.4 Å². The van der Waals surface area contributed by atoms with Crippen molar-refractivity contribution in [1.82, 2.24) is 0 Å². The van der Waals surface area contributed by atoms with E-state index < -0.39 is 0 Å². The van der Waals surface area contributed by atoms with E-state index in [9.17, 15) is 9.59 Å². The Balaban J connectivity index is 2.69. The van der Waals surface area contributed by atoms with Crippen molar-refractivity contribution in [3.05, 3.63) is 23.8 Å². The zero-order valence-corrected chi connectivity index (χ0v) is 8.83. The maximum Gasteiger partial charge on any atom is 0.231 e. The summed E-state index contributed by atoms with van der Waals surface area (Å²) in [5, 5.41) is 2.63. The molecular formula is C11H14N2O2. The van der Waals surface area contributed by atoms with Crippen LogP contribution in [0.15, 0.2) is 18.2 Å². The molecule has 0 aliphatic carbocycles. The Morgan fingerprint density at radius 3 is 2.60 bits per heavy atom. The smallest absolute Gasteiger partial charge is 0.231 e. The molecule has 0 aliphatic rings. The second kappa shape index (κ2) is 4.59. The minimum Gasteiger partial charge on any atom is -0.399 e. The van der Waals surface area contributed by atoms with Crippen LogP contribution in [0.3, 0.4) is 0 Å². The fourth-order valence-electron chi connectivity index (χ4n) is 1.18. The van der Waals surface area contributed by atoms with E-state index in [2.05, 4.69) is 5.32 Å². The molecule has 4 heteroatoms. The van der Waals surface area contributed by atoms with Crippen LogP contribution in [0.25, 0.3) is 0 Å². The highest BCUT2D eigenvalue weighted by Crippen LogP contribution is 2.16. The van der Waals surface area contributed by atoms with E-state index in [1.807, 2.05) is 6.92 Å². The number of rotatable bonds is 3. The van der Waals surface area contributed by atoms with Crippen LogP contribution in [0, 0.1) is 6.92 Å². The zero-order valence-electron chi connectivity index (χ0n) is 8.83. The van der Waals surface area contributed by atoms with Gasteiger partial charge in [-0.25, -0.2) is 0 Å². The summed E-state index contributed by atoms with van der Waals surface area (Å²) >= 11 is 0. The number of hydrogen-bond acceptors (Lipinski definition) is 3. The highest BCUT2D eigenvalue weighted by atomic mass is 16.2. The van der Waals surface area contributed by atoms with Gasteiger partial charge in [-0.1, -0.05) is 0 Å². The van der Waals surface area contributed by atoms with E-state index in [-0.39, 0.29) is 18.1 Å². The van der Waals surface area contributed by atoms with Crippen molar-refractivity contribution < 1.29 is 9.59 Å². The van der Waals surface area contributed by atoms with Crippen molar-refractivity contribution >= 4 is 23.1 Å². The number of carbonyl (C=O) groups excluding carboxylic acids is 2. The van der Waals surface area contributed by atoms with Crippen LogP contribution in [0.2, 0.25) is 0 Å². The molecule has 0 heterocycles. The Kier molecular flexibility index (Phi) is 3.44. The van der Waals surface area contributed by atoms with Crippen molar-refractivity contribution in [3.8, 4) is 0 Å². The third-order valence-electron chi connectivity index (χ3n) is 1.96. The molecule has 0 aliphatic heterocycles. The topological polar surface area (TPSA) is 72.2 Å². The Bertz CT molecular complexity index is 400. The number of nitrogens with two attached hydrogens (primary N) is 1. The summed E-state index contributed by atoms with van der Waals surface area (Å²) in [7, 11) is 0. The molecule has 0 spiro atoms. The van der Waals surface area contributed by atoms with Crippen molar-refractivity contribution in [2.24, 2.45) is 0 Å². The number of hydrogen-bond donors (Lipinski definition) is 2. The van der Waals surface area contributed by atoms with E-state index in [4.69, 9.17) is 5.73 Å². The number of anilines is 2. The third-order valence-corrected chi connectivity index (χ3v) is 1.96. The summed E-state index contributed by atoms with van der Waals surface area (Å²) in [5.74, 6) is -0.452. The average Bonchev–Trinajstić information content (AvgIpc) is 2.10. The lowest BCUT2D eigenvalue weighted by molar-refractivity contribution is -0.124. The van der Waals surface area contributed by atoms with E-state index >= 15 is 0 Å². The SMILES string of the molecule is CC(=O)CC(=O)Nc1ccc(N)c(C)c1. The summed E-state index contributed by atoms with van der Waals surface area (Å²) in [5.41, 5.74) is 7.87. The minimum atomic E-state index is -0.299. The lowest BCUT2D eigenvalue weighted by Crippen LogP contribution is -2.14. The number of nitrogens with one attached hydrogen (secondary N) is 1. The Morgan fingerprint density at radius 1 is 1.40 bits per heavy atom. The van der Waals surface area contributed by atoms with Gasteiger partial charge in [0.2, 0.25) is 5.91 Å². The van der Waals surface area contributed by atoms with Gasteiger partial charge >= 0.3 is 0 Å². The molecule has 15 heavy (non-hydrogen) atoms. The van der Waals surface area contributed by atoms with Crippen LogP contribution in [0.5, 0.6) is 0 Å². The number of ketones is 1. The van der Waals surface area contributed by atoms with Gasteiger partial charge in [0.05, 0.1) is 6.42 Å². The molecule has 0 bridgehead atoms. The van der Waals surface area contributed by atoms with Crippen LogP contribution < -0.4 is 11.1 Å². The molecule has 0 radical (unpaired) electrons. The summed E-state index contributed by atoms with van der Waals surface area (Å²) in [4.78, 5) is 21.9. The quantitative estimate of drug-likeness (QED) is 0.581. The number of amides is 1. The molecule has 0 fully saturated rings. The minimum absolute atomic E-state index is 0.0938. The standard InChI is InChI=1S/C11H14N2O2/c1-7-5-9(3-4-10(7)12)13-11(15)6-8(2)14/h3-5H,6,12H2,1-2H3,(H,13,15). The molecule has 0 saturated carbocycles. The first kappa shape index (κ1) is 11.2. The van der Waals surface area contributed by atoms with Crippen LogP contribution >= 0.6 is 0 Å². The van der Waals surface area contributed by atoms with E-state index in [1.165, 1.54) is 6.92 Å². The first-order valence-electron chi connectivity index (χ1n) is 4.64. The number of benzene rings is 1. The molecule has 3 N–H and O–H groups in total. The number of nitrogen functional groups attached to an aromatic ring is 1. The fraction of sp³-hybridized carbons (Fsp3) is 0.273. The molecular weight excluding hydrogens is 192 g/mol. The maximum atomic E-state index is 11.3. The number of Topliss-reactive ketones (excluding diaryl/α,β-unsaturated/α-hetero) is 1. The van der Waals surface area contributed by atoms with E-state index in [0.29, 0.717) is 11.4 Å². The van der Waals surface area contributed by atoms with Gasteiger partial charge in [-0.05, 0) is 37.6 Å². The van der Waals surface area contributed by atoms with E-state index in [0.717, 1.165) is 5.56 Å². The lowest BCUT2D eigenvalue weighted by atomic mass is 10.2. The molecule has 0 atom stereocenters. The molecule has 80 valence electrons. The van der Waals surface area contributed by atoms with Gasteiger partial charge < -0.3 is 11.1 Å². The molecule has 1 aromatic rings. The van der Waals surface area contributed by atoms with Crippen molar-refractivity contribution in [2.45, 2.75) is 20.3 Å². The Hall–Kier alpha value is -1.84. The molecule has 1 amide bonds. The summed E-state index contributed by atoms with van der Waals surface area (Å²) < 4.78 is 0. The largest absolute Gasteiger partial charge is 0.399 e. The van der Waals surface area contributed by atoms with Gasteiger partial charge in [0.1, 0.15) is 5.78 Å². The summed E-state index contributed by atoms with van der Waals surface area (Å²) in [6, 6.07) is 5.20. The Morgan fingerprint density at radius 2 is 2.07 bits per heavy atom. The molecule has 1 rings (SSSR count). The van der Waals surface area contributed by atoms with Gasteiger partial charge in [0.25, 0.3) is 0 Å². The molecule has 0 unspecified atom stereocenters. The van der Waals surface area contributed by atoms with Gasteiger partial charge in [-0.15, -0.1) is 0 Å². The molecule has 0 saturated heterocycles. The second-order valence-electron chi connectivity index (χ2n) is 3.50. The van der Waals surface area contributed by atoms with Gasteiger partial charge in [0, 0.05) is 11.4 Å². The van der Waals surface area contributed by atoms with Crippen LogP contribution in [0.1, 0.15) is 18.9 Å². The van der Waals surface area contributed by atoms with Crippen molar-refractivity contribution in [2.75, 3.05) is 11.1 Å². The van der Waals surface area contributed by atoms with Gasteiger partial charge in [-0.3, -0.25) is 9.59 Å². The number of aryl methyl sites for hydroxylation is 1. The van der Waals surface area contributed by atoms with Gasteiger partial charge in [0.15, 0.2) is 0 Å². The summed E-state index contributed by atoms with van der Waals surface area (Å²) in [6.07, 6.45) is -0.0938. The normalized spacial score (nSPS) is 9.73. The number of carbonyl (C=O) groups is 2. The average molecular weight is 206 g/mol. The lowest BCUT2D eigenvalue weighted by Gasteiger charge is -2.06. The summed E-state index contributed by atoms with van der Waals surface area (Å²) in [6.45, 7) is 3.24. The van der Waals surface area contributed by atoms with Crippen molar-refractivity contribution in [3.63, 3.8) is 0 Å². The van der Waals surface area contributed by atoms with Gasteiger partial charge in [-0.2, -0.15) is 0 Å². The third kappa shape index (κ3) is 3.42. The van der Waals surface area contributed by atoms with Crippen LogP contribution in [-0.4, -0.2) is 11.7 Å². The predicted octanol–water partition coefficient (Wildman–Crippen LogP) is 1.49.